The molecule has 176 valence electrons. The molecule has 0 spiro atoms. The molecule has 0 aromatic heterocycles. The van der Waals surface area contributed by atoms with Gasteiger partial charge in [0, 0.05) is 38.8 Å². The van der Waals surface area contributed by atoms with Crippen LogP contribution in [0.2, 0.25) is 0 Å². The third kappa shape index (κ3) is 6.13. The predicted molar refractivity (Wildman–Crippen MR) is 121 cm³/mol. The number of carbonyl (C=O) groups excluding carboxylic acids is 4. The van der Waals surface area contributed by atoms with Crippen molar-refractivity contribution in [1.29, 1.82) is 0 Å². The van der Waals surface area contributed by atoms with E-state index in [9.17, 15) is 19.2 Å². The summed E-state index contributed by atoms with van der Waals surface area (Å²) < 4.78 is 21.7. The van der Waals surface area contributed by atoms with Crippen molar-refractivity contribution in [3.05, 3.63) is 34.4 Å². The summed E-state index contributed by atoms with van der Waals surface area (Å²) in [4.78, 5) is 48.2. The molecule has 0 N–H and O–H groups in total. The van der Waals surface area contributed by atoms with E-state index in [-0.39, 0.29) is 17.2 Å². The number of carbonyl (C=O) groups is 4. The Labute approximate surface area is 196 Å². The molecule has 0 amide bonds. The van der Waals surface area contributed by atoms with Crippen LogP contribution in [0.25, 0.3) is 0 Å². The number of benzene rings is 2. The summed E-state index contributed by atoms with van der Waals surface area (Å²) in [7, 11) is 0. The highest BCUT2D eigenvalue weighted by Gasteiger charge is 2.28. The van der Waals surface area contributed by atoms with Crippen molar-refractivity contribution in [1.82, 2.24) is 0 Å². The third-order valence-electron chi connectivity index (χ3n) is 4.47. The standard InChI is InChI=1S/C24H26O8S/c1-11-9-10-12(2)23(19(11)29-15(5)25)33-24-14(4)21(31-17(7)27)20(30-16(6)26)13(3)22(24)32-18(8)28/h9-10H,1-8H3. The second kappa shape index (κ2) is 10.5. The molecule has 0 saturated carbocycles. The first kappa shape index (κ1) is 25.9. The van der Waals surface area contributed by atoms with E-state index in [2.05, 4.69) is 0 Å². The SMILES string of the molecule is CC(=O)Oc1c(C)c(OC(C)=O)c(Sc2c(C)ccc(C)c2OC(C)=O)c(C)c1OC(C)=O. The van der Waals surface area contributed by atoms with Gasteiger partial charge in [0.25, 0.3) is 0 Å². The van der Waals surface area contributed by atoms with Gasteiger partial charge in [-0.1, -0.05) is 23.9 Å². The lowest BCUT2D eigenvalue weighted by molar-refractivity contribution is -0.134. The monoisotopic (exact) mass is 474 g/mol. The van der Waals surface area contributed by atoms with Crippen molar-refractivity contribution < 1.29 is 38.1 Å². The van der Waals surface area contributed by atoms with Crippen LogP contribution in [0.3, 0.4) is 0 Å². The molecule has 0 saturated heterocycles. The van der Waals surface area contributed by atoms with E-state index in [4.69, 9.17) is 18.9 Å². The van der Waals surface area contributed by atoms with Crippen LogP contribution in [-0.4, -0.2) is 23.9 Å². The van der Waals surface area contributed by atoms with Crippen molar-refractivity contribution in [2.45, 2.75) is 65.2 Å². The second-order valence-electron chi connectivity index (χ2n) is 7.40. The van der Waals surface area contributed by atoms with Crippen molar-refractivity contribution in [3.63, 3.8) is 0 Å². The fraction of sp³-hybridized carbons (Fsp3) is 0.333. The summed E-state index contributed by atoms with van der Waals surface area (Å²) in [6, 6.07) is 3.70. The minimum absolute atomic E-state index is 0.0167. The molecule has 0 fully saturated rings. The van der Waals surface area contributed by atoms with E-state index in [1.807, 2.05) is 19.1 Å². The van der Waals surface area contributed by atoms with Crippen molar-refractivity contribution in [2.75, 3.05) is 0 Å². The lowest BCUT2D eigenvalue weighted by Crippen LogP contribution is -2.13. The first-order chi connectivity index (χ1) is 15.3. The van der Waals surface area contributed by atoms with Crippen LogP contribution >= 0.6 is 11.8 Å². The molecular weight excluding hydrogens is 448 g/mol. The van der Waals surface area contributed by atoms with Crippen LogP contribution in [-0.2, 0) is 19.2 Å². The summed E-state index contributed by atoms with van der Waals surface area (Å²) in [5.74, 6) is -1.78. The molecule has 0 heterocycles. The Hall–Kier alpha value is -3.33. The van der Waals surface area contributed by atoms with E-state index >= 15 is 0 Å². The molecule has 33 heavy (non-hydrogen) atoms. The van der Waals surface area contributed by atoms with Gasteiger partial charge in [-0.15, -0.1) is 0 Å². The highest BCUT2D eigenvalue weighted by molar-refractivity contribution is 7.99. The topological polar surface area (TPSA) is 105 Å². The summed E-state index contributed by atoms with van der Waals surface area (Å²) in [6.07, 6.45) is 0. The summed E-state index contributed by atoms with van der Waals surface area (Å²) >= 11 is 1.19. The number of aryl methyl sites for hydroxylation is 2. The van der Waals surface area contributed by atoms with Gasteiger partial charge in [-0.2, -0.15) is 0 Å². The van der Waals surface area contributed by atoms with E-state index in [0.29, 0.717) is 26.7 Å². The second-order valence-corrected chi connectivity index (χ2v) is 8.42. The van der Waals surface area contributed by atoms with Gasteiger partial charge >= 0.3 is 23.9 Å². The van der Waals surface area contributed by atoms with Gasteiger partial charge < -0.3 is 18.9 Å². The molecule has 2 aromatic carbocycles. The van der Waals surface area contributed by atoms with Crippen LogP contribution < -0.4 is 18.9 Å². The molecule has 0 aliphatic carbocycles. The molecular formula is C24H26O8S. The number of ether oxygens (including phenoxy) is 4. The van der Waals surface area contributed by atoms with Gasteiger partial charge in [-0.3, -0.25) is 19.2 Å². The largest absolute Gasteiger partial charge is 0.425 e. The Morgan fingerprint density at radius 2 is 0.939 bits per heavy atom. The maximum atomic E-state index is 11.9. The summed E-state index contributed by atoms with van der Waals surface area (Å²) in [6.45, 7) is 11.9. The highest BCUT2D eigenvalue weighted by atomic mass is 32.2. The van der Waals surface area contributed by atoms with Gasteiger partial charge in [0.05, 0.1) is 9.79 Å². The van der Waals surface area contributed by atoms with Crippen LogP contribution in [0.1, 0.15) is 49.9 Å². The van der Waals surface area contributed by atoms with Crippen LogP contribution in [0.5, 0.6) is 23.0 Å². The van der Waals surface area contributed by atoms with E-state index in [1.54, 1.807) is 20.8 Å². The fourth-order valence-electron chi connectivity index (χ4n) is 3.07. The highest BCUT2D eigenvalue weighted by Crippen LogP contribution is 2.52. The Morgan fingerprint density at radius 1 is 0.545 bits per heavy atom. The normalized spacial score (nSPS) is 10.4. The van der Waals surface area contributed by atoms with Gasteiger partial charge in [-0.05, 0) is 38.8 Å². The molecule has 0 atom stereocenters. The van der Waals surface area contributed by atoms with Crippen molar-refractivity contribution >= 4 is 35.6 Å². The first-order valence-electron chi connectivity index (χ1n) is 10.0. The molecule has 0 radical (unpaired) electrons. The number of rotatable bonds is 6. The van der Waals surface area contributed by atoms with Crippen molar-refractivity contribution in [3.8, 4) is 23.0 Å². The molecule has 0 aliphatic heterocycles. The van der Waals surface area contributed by atoms with E-state index in [1.165, 1.54) is 39.5 Å². The minimum atomic E-state index is -0.633. The smallest absolute Gasteiger partial charge is 0.308 e. The molecule has 0 bridgehead atoms. The first-order valence-corrected chi connectivity index (χ1v) is 10.8. The molecule has 9 heteroatoms. The zero-order valence-electron chi connectivity index (χ0n) is 19.8. The Kier molecular flexibility index (Phi) is 8.27. The zero-order chi connectivity index (χ0) is 25.0. The fourth-order valence-corrected chi connectivity index (χ4v) is 4.33. The average molecular weight is 475 g/mol. The summed E-state index contributed by atoms with van der Waals surface area (Å²) in [5.41, 5.74) is 2.25. The molecule has 8 nitrogen and oxygen atoms in total. The van der Waals surface area contributed by atoms with E-state index < -0.39 is 23.9 Å². The van der Waals surface area contributed by atoms with E-state index in [0.717, 1.165) is 11.1 Å². The Balaban J connectivity index is 2.88. The van der Waals surface area contributed by atoms with Crippen LogP contribution in [0, 0.1) is 27.7 Å². The minimum Gasteiger partial charge on any atom is -0.425 e. The van der Waals surface area contributed by atoms with Gasteiger partial charge in [-0.25, -0.2) is 0 Å². The lowest BCUT2D eigenvalue weighted by Gasteiger charge is -2.22. The van der Waals surface area contributed by atoms with Crippen LogP contribution in [0.4, 0.5) is 0 Å². The van der Waals surface area contributed by atoms with Gasteiger partial charge in [0.15, 0.2) is 17.2 Å². The van der Waals surface area contributed by atoms with Crippen molar-refractivity contribution in [2.24, 2.45) is 0 Å². The molecule has 0 unspecified atom stereocenters. The number of hydrogen-bond donors (Lipinski definition) is 0. The quantitative estimate of drug-likeness (QED) is 0.432. The maximum Gasteiger partial charge on any atom is 0.308 e. The van der Waals surface area contributed by atoms with Gasteiger partial charge in [0.1, 0.15) is 5.75 Å². The Morgan fingerprint density at radius 3 is 1.42 bits per heavy atom. The molecule has 0 aliphatic rings. The summed E-state index contributed by atoms with van der Waals surface area (Å²) in [5, 5.41) is 0. The maximum absolute atomic E-state index is 11.9. The molecule has 2 rings (SSSR count). The number of hydrogen-bond acceptors (Lipinski definition) is 9. The predicted octanol–water partition coefficient (Wildman–Crippen LogP) is 4.77. The average Bonchev–Trinajstić information content (AvgIpc) is 2.69. The van der Waals surface area contributed by atoms with Gasteiger partial charge in [0.2, 0.25) is 0 Å². The lowest BCUT2D eigenvalue weighted by atomic mass is 10.1. The zero-order valence-corrected chi connectivity index (χ0v) is 20.6. The molecule has 2 aromatic rings. The Bertz CT molecular complexity index is 1150. The van der Waals surface area contributed by atoms with Crippen LogP contribution in [0.15, 0.2) is 21.9 Å². The number of esters is 4. The third-order valence-corrected chi connectivity index (χ3v) is 5.88.